The number of amides is 2. The van der Waals surface area contributed by atoms with Crippen LogP contribution in [0.4, 0.5) is 0 Å². The standard InChI is InChI=1S/C14H20N6O2/c1-19-13(21)7-6-10(18-19)14(22)15-9-12-17-16-11-5-3-2-4-8-20(11)12/h2-9H2,1H3,(H,15,22). The molecule has 2 amide bonds. The Morgan fingerprint density at radius 3 is 2.86 bits per heavy atom. The van der Waals surface area contributed by atoms with Gasteiger partial charge in [0.25, 0.3) is 5.91 Å². The van der Waals surface area contributed by atoms with Gasteiger partial charge in [-0.05, 0) is 12.8 Å². The van der Waals surface area contributed by atoms with Crippen molar-refractivity contribution in [3.05, 3.63) is 11.6 Å². The molecule has 1 aromatic rings. The lowest BCUT2D eigenvalue weighted by molar-refractivity contribution is -0.130. The van der Waals surface area contributed by atoms with E-state index >= 15 is 0 Å². The number of carbonyl (C=O) groups excluding carboxylic acids is 2. The molecule has 22 heavy (non-hydrogen) atoms. The topological polar surface area (TPSA) is 92.5 Å². The predicted molar refractivity (Wildman–Crippen MR) is 78.9 cm³/mol. The fourth-order valence-electron chi connectivity index (χ4n) is 2.77. The van der Waals surface area contributed by atoms with E-state index in [1.165, 1.54) is 11.4 Å². The van der Waals surface area contributed by atoms with E-state index in [-0.39, 0.29) is 11.8 Å². The molecule has 0 bridgehead atoms. The average Bonchev–Trinajstić information content (AvgIpc) is 2.74. The number of hydrazone groups is 1. The second-order valence-corrected chi connectivity index (χ2v) is 5.64. The maximum Gasteiger partial charge on any atom is 0.267 e. The molecule has 0 radical (unpaired) electrons. The van der Waals surface area contributed by atoms with E-state index in [1.807, 2.05) is 0 Å². The van der Waals surface area contributed by atoms with Crippen molar-refractivity contribution in [3.8, 4) is 0 Å². The number of hydrogen-bond acceptors (Lipinski definition) is 5. The van der Waals surface area contributed by atoms with Gasteiger partial charge < -0.3 is 9.88 Å². The number of rotatable bonds is 3. The first kappa shape index (κ1) is 14.7. The molecular formula is C14H20N6O2. The molecule has 0 unspecified atom stereocenters. The molecule has 2 aliphatic rings. The van der Waals surface area contributed by atoms with Crippen LogP contribution in [0.15, 0.2) is 5.10 Å². The van der Waals surface area contributed by atoms with Crippen LogP contribution in [-0.2, 0) is 29.1 Å². The van der Waals surface area contributed by atoms with Crippen LogP contribution in [0.25, 0.3) is 0 Å². The summed E-state index contributed by atoms with van der Waals surface area (Å²) in [5.74, 6) is 1.47. The van der Waals surface area contributed by atoms with E-state index in [2.05, 4.69) is 25.2 Å². The zero-order valence-corrected chi connectivity index (χ0v) is 12.7. The summed E-state index contributed by atoms with van der Waals surface area (Å²) < 4.78 is 2.10. The van der Waals surface area contributed by atoms with Crippen molar-refractivity contribution in [2.75, 3.05) is 7.05 Å². The zero-order valence-electron chi connectivity index (χ0n) is 12.7. The van der Waals surface area contributed by atoms with Crippen LogP contribution in [0.2, 0.25) is 0 Å². The van der Waals surface area contributed by atoms with Crippen LogP contribution in [0.1, 0.15) is 43.8 Å². The summed E-state index contributed by atoms with van der Waals surface area (Å²) in [6.45, 7) is 1.24. The van der Waals surface area contributed by atoms with Gasteiger partial charge in [0.05, 0.1) is 6.54 Å². The molecule has 8 heteroatoms. The number of aromatic nitrogens is 3. The molecule has 118 valence electrons. The van der Waals surface area contributed by atoms with Gasteiger partial charge in [-0.1, -0.05) is 6.42 Å². The molecule has 0 aliphatic carbocycles. The Hall–Kier alpha value is -2.25. The molecule has 0 atom stereocenters. The fourth-order valence-corrected chi connectivity index (χ4v) is 2.77. The van der Waals surface area contributed by atoms with Gasteiger partial charge in [-0.25, -0.2) is 5.01 Å². The Kier molecular flexibility index (Phi) is 4.17. The lowest BCUT2D eigenvalue weighted by atomic mass is 10.1. The number of fused-ring (bicyclic) bond motifs is 1. The fraction of sp³-hybridized carbons (Fsp3) is 0.643. The van der Waals surface area contributed by atoms with Crippen molar-refractivity contribution in [2.45, 2.75) is 51.6 Å². The summed E-state index contributed by atoms with van der Waals surface area (Å²) in [7, 11) is 1.56. The summed E-state index contributed by atoms with van der Waals surface area (Å²) in [5.41, 5.74) is 0.387. The number of nitrogens with one attached hydrogen (secondary N) is 1. The van der Waals surface area contributed by atoms with Gasteiger partial charge in [-0.3, -0.25) is 9.59 Å². The summed E-state index contributed by atoms with van der Waals surface area (Å²) in [6.07, 6.45) is 5.11. The molecule has 0 saturated heterocycles. The second-order valence-electron chi connectivity index (χ2n) is 5.64. The van der Waals surface area contributed by atoms with Crippen LogP contribution in [0, 0.1) is 0 Å². The van der Waals surface area contributed by atoms with Gasteiger partial charge in [-0.2, -0.15) is 5.10 Å². The summed E-state index contributed by atoms with van der Waals surface area (Å²) in [5, 5.41) is 16.4. The molecule has 0 aromatic carbocycles. The average molecular weight is 304 g/mol. The molecule has 0 spiro atoms. The highest BCUT2D eigenvalue weighted by molar-refractivity contribution is 6.39. The van der Waals surface area contributed by atoms with E-state index in [0.717, 1.165) is 37.5 Å². The quantitative estimate of drug-likeness (QED) is 0.865. The molecule has 0 saturated carbocycles. The number of aryl methyl sites for hydroxylation is 1. The third-order valence-electron chi connectivity index (χ3n) is 4.06. The number of nitrogens with zero attached hydrogens (tertiary/aromatic N) is 5. The maximum atomic E-state index is 12.1. The van der Waals surface area contributed by atoms with Crippen molar-refractivity contribution in [1.82, 2.24) is 25.1 Å². The smallest absolute Gasteiger partial charge is 0.267 e. The summed E-state index contributed by atoms with van der Waals surface area (Å²) >= 11 is 0. The first-order valence-corrected chi connectivity index (χ1v) is 7.68. The first-order valence-electron chi connectivity index (χ1n) is 7.68. The molecule has 8 nitrogen and oxygen atoms in total. The number of hydrogen-bond donors (Lipinski definition) is 1. The van der Waals surface area contributed by atoms with E-state index in [9.17, 15) is 9.59 Å². The predicted octanol–water partition coefficient (Wildman–Crippen LogP) is 0.229. The summed E-state index contributed by atoms with van der Waals surface area (Å²) in [6, 6.07) is 0. The highest BCUT2D eigenvalue weighted by atomic mass is 16.2. The molecular weight excluding hydrogens is 284 g/mol. The first-order chi connectivity index (χ1) is 10.6. The molecule has 3 rings (SSSR count). The van der Waals surface area contributed by atoms with Crippen molar-refractivity contribution in [1.29, 1.82) is 0 Å². The van der Waals surface area contributed by atoms with E-state index in [0.29, 0.717) is 25.1 Å². The molecule has 2 aliphatic heterocycles. The largest absolute Gasteiger partial charge is 0.344 e. The van der Waals surface area contributed by atoms with Crippen LogP contribution in [0.3, 0.4) is 0 Å². The van der Waals surface area contributed by atoms with Crippen LogP contribution in [0.5, 0.6) is 0 Å². The minimum Gasteiger partial charge on any atom is -0.344 e. The van der Waals surface area contributed by atoms with E-state index < -0.39 is 0 Å². The molecule has 1 aromatic heterocycles. The second kappa shape index (κ2) is 6.25. The van der Waals surface area contributed by atoms with Crippen molar-refractivity contribution in [2.24, 2.45) is 5.10 Å². The van der Waals surface area contributed by atoms with Gasteiger partial charge in [-0.15, -0.1) is 10.2 Å². The molecule has 1 N–H and O–H groups in total. The minimum absolute atomic E-state index is 0.0701. The Morgan fingerprint density at radius 2 is 2.05 bits per heavy atom. The third kappa shape index (κ3) is 3.00. The van der Waals surface area contributed by atoms with Gasteiger partial charge in [0.15, 0.2) is 5.82 Å². The normalized spacial score (nSPS) is 18.5. The van der Waals surface area contributed by atoms with E-state index in [4.69, 9.17) is 0 Å². The van der Waals surface area contributed by atoms with Gasteiger partial charge in [0.2, 0.25) is 5.91 Å². The summed E-state index contributed by atoms with van der Waals surface area (Å²) in [4.78, 5) is 23.5. The lowest BCUT2D eigenvalue weighted by Gasteiger charge is -2.18. The van der Waals surface area contributed by atoms with Gasteiger partial charge in [0, 0.05) is 32.9 Å². The van der Waals surface area contributed by atoms with Crippen LogP contribution < -0.4 is 5.32 Å². The van der Waals surface area contributed by atoms with Crippen molar-refractivity contribution >= 4 is 17.5 Å². The van der Waals surface area contributed by atoms with Crippen molar-refractivity contribution in [3.63, 3.8) is 0 Å². The monoisotopic (exact) mass is 304 g/mol. The highest BCUT2D eigenvalue weighted by Gasteiger charge is 2.22. The van der Waals surface area contributed by atoms with Gasteiger partial charge in [0.1, 0.15) is 11.5 Å². The highest BCUT2D eigenvalue weighted by Crippen LogP contribution is 2.14. The molecule has 0 fully saturated rings. The van der Waals surface area contributed by atoms with Gasteiger partial charge >= 0.3 is 0 Å². The zero-order chi connectivity index (χ0) is 15.5. The van der Waals surface area contributed by atoms with Crippen LogP contribution >= 0.6 is 0 Å². The Morgan fingerprint density at radius 1 is 1.18 bits per heavy atom. The Bertz CT molecular complexity index is 621. The SMILES string of the molecule is CN1N=C(C(=O)NCc2nnc3n2CCCCC3)CCC1=O. The Balaban J connectivity index is 1.63. The third-order valence-corrected chi connectivity index (χ3v) is 4.06. The number of carbonyl (C=O) groups is 2. The van der Waals surface area contributed by atoms with Crippen molar-refractivity contribution < 1.29 is 9.59 Å². The maximum absolute atomic E-state index is 12.1. The Labute approximate surface area is 128 Å². The van der Waals surface area contributed by atoms with E-state index in [1.54, 1.807) is 7.05 Å². The van der Waals surface area contributed by atoms with Crippen LogP contribution in [-0.4, -0.2) is 44.3 Å². The minimum atomic E-state index is -0.245. The lowest BCUT2D eigenvalue weighted by Crippen LogP contribution is -2.37. The molecule has 3 heterocycles.